The maximum atomic E-state index is 12.9. The third-order valence-corrected chi connectivity index (χ3v) is 4.27. The van der Waals surface area contributed by atoms with Gasteiger partial charge in [-0.1, -0.05) is 6.92 Å². The Kier molecular flexibility index (Phi) is 4.46. The molecule has 0 bridgehead atoms. The maximum Gasteiger partial charge on any atom is 0.394 e. The number of carbonyl (C=O) groups excluding carboxylic acids is 2. The van der Waals surface area contributed by atoms with Gasteiger partial charge < -0.3 is 10.6 Å². The van der Waals surface area contributed by atoms with Gasteiger partial charge in [-0.2, -0.15) is 13.2 Å². The van der Waals surface area contributed by atoms with Crippen molar-refractivity contribution in [3.8, 4) is 0 Å². The average molecular weight is 307 g/mol. The molecule has 120 valence electrons. The number of alkyl halides is 3. The summed E-state index contributed by atoms with van der Waals surface area (Å²) in [6, 6.07) is 0.368. The van der Waals surface area contributed by atoms with Gasteiger partial charge >= 0.3 is 6.18 Å². The Bertz CT molecular complexity index is 423. The second-order valence-electron chi connectivity index (χ2n) is 5.75. The van der Waals surface area contributed by atoms with Crippen LogP contribution in [0.25, 0.3) is 0 Å². The standard InChI is InChI=1S/C13H20F3N3O2/c1-2-18(8-3-4-8)7-11(20)19-5-9(12(17)21)10(6-19)13(14,15)16/h8-10H,2-7H2,1H3,(H2,17,21)/t9-,10-/m1/s1. The fraction of sp³-hybridized carbons (Fsp3) is 0.846. The zero-order valence-corrected chi connectivity index (χ0v) is 11.9. The van der Waals surface area contributed by atoms with E-state index in [0.717, 1.165) is 17.7 Å². The van der Waals surface area contributed by atoms with Crippen LogP contribution in [0.3, 0.4) is 0 Å². The van der Waals surface area contributed by atoms with Crippen LogP contribution in [-0.4, -0.2) is 60.0 Å². The second-order valence-corrected chi connectivity index (χ2v) is 5.75. The highest BCUT2D eigenvalue weighted by atomic mass is 19.4. The zero-order valence-electron chi connectivity index (χ0n) is 11.9. The van der Waals surface area contributed by atoms with Crippen LogP contribution in [0, 0.1) is 11.8 Å². The number of halogens is 3. The summed E-state index contributed by atoms with van der Waals surface area (Å²) in [5.41, 5.74) is 5.05. The molecule has 0 aromatic carbocycles. The van der Waals surface area contributed by atoms with E-state index < -0.39 is 30.5 Å². The molecule has 0 unspecified atom stereocenters. The van der Waals surface area contributed by atoms with E-state index in [1.165, 1.54) is 0 Å². The van der Waals surface area contributed by atoms with Crippen LogP contribution in [0.5, 0.6) is 0 Å². The molecule has 1 saturated heterocycles. The Labute approximate surface area is 121 Å². The van der Waals surface area contributed by atoms with Crippen molar-refractivity contribution < 1.29 is 22.8 Å². The minimum Gasteiger partial charge on any atom is -0.369 e. The van der Waals surface area contributed by atoms with Crippen molar-refractivity contribution in [1.82, 2.24) is 9.80 Å². The number of amides is 2. The largest absolute Gasteiger partial charge is 0.394 e. The molecule has 1 aliphatic heterocycles. The monoisotopic (exact) mass is 307 g/mol. The number of likely N-dealkylation sites (N-methyl/N-ethyl adjacent to an activating group) is 1. The SMILES string of the molecule is CCN(CC(=O)N1C[C@@H](C(F)(F)F)[C@H](C(N)=O)C1)C1CC1. The van der Waals surface area contributed by atoms with Gasteiger partial charge in [0.2, 0.25) is 11.8 Å². The van der Waals surface area contributed by atoms with Crippen LogP contribution in [0.2, 0.25) is 0 Å². The predicted molar refractivity (Wildman–Crippen MR) is 69.1 cm³/mol. The van der Waals surface area contributed by atoms with E-state index in [0.29, 0.717) is 12.6 Å². The highest BCUT2D eigenvalue weighted by Gasteiger charge is 2.52. The third kappa shape index (κ3) is 3.66. The lowest BCUT2D eigenvalue weighted by Gasteiger charge is -2.23. The lowest BCUT2D eigenvalue weighted by atomic mass is 9.95. The highest BCUT2D eigenvalue weighted by Crippen LogP contribution is 2.37. The van der Waals surface area contributed by atoms with Crippen LogP contribution >= 0.6 is 0 Å². The number of primary amides is 1. The molecule has 2 fully saturated rings. The minimum atomic E-state index is -4.52. The van der Waals surface area contributed by atoms with E-state index in [4.69, 9.17) is 5.73 Å². The van der Waals surface area contributed by atoms with E-state index in [1.807, 2.05) is 11.8 Å². The molecular weight excluding hydrogens is 287 g/mol. The summed E-state index contributed by atoms with van der Waals surface area (Å²) in [5.74, 6) is -4.55. The highest BCUT2D eigenvalue weighted by molar-refractivity contribution is 5.82. The first-order valence-corrected chi connectivity index (χ1v) is 7.11. The fourth-order valence-corrected chi connectivity index (χ4v) is 2.84. The fourth-order valence-electron chi connectivity index (χ4n) is 2.84. The first-order chi connectivity index (χ1) is 9.74. The first kappa shape index (κ1) is 16.1. The molecule has 1 aliphatic carbocycles. The third-order valence-electron chi connectivity index (χ3n) is 4.27. The molecule has 8 heteroatoms. The van der Waals surface area contributed by atoms with E-state index in [1.54, 1.807) is 0 Å². The summed E-state index contributed by atoms with van der Waals surface area (Å²) in [4.78, 5) is 26.4. The Morgan fingerprint density at radius 1 is 1.29 bits per heavy atom. The second kappa shape index (κ2) is 5.82. The molecule has 1 heterocycles. The van der Waals surface area contributed by atoms with Gasteiger partial charge in [0.25, 0.3) is 0 Å². The Morgan fingerprint density at radius 2 is 1.90 bits per heavy atom. The van der Waals surface area contributed by atoms with Gasteiger partial charge in [0.1, 0.15) is 0 Å². The van der Waals surface area contributed by atoms with E-state index >= 15 is 0 Å². The van der Waals surface area contributed by atoms with Crippen LogP contribution in [0.1, 0.15) is 19.8 Å². The summed E-state index contributed by atoms with van der Waals surface area (Å²) in [6.07, 6.45) is -2.47. The number of carbonyl (C=O) groups is 2. The Morgan fingerprint density at radius 3 is 2.29 bits per heavy atom. The van der Waals surface area contributed by atoms with Gasteiger partial charge in [-0.25, -0.2) is 0 Å². The first-order valence-electron chi connectivity index (χ1n) is 7.11. The van der Waals surface area contributed by atoms with Gasteiger partial charge in [-0.3, -0.25) is 14.5 Å². The van der Waals surface area contributed by atoms with Crippen molar-refractivity contribution in [3.05, 3.63) is 0 Å². The molecule has 0 aromatic rings. The lowest BCUT2D eigenvalue weighted by molar-refractivity contribution is -0.182. The van der Waals surface area contributed by atoms with Crippen molar-refractivity contribution in [3.63, 3.8) is 0 Å². The van der Waals surface area contributed by atoms with Crippen molar-refractivity contribution in [2.24, 2.45) is 17.6 Å². The topological polar surface area (TPSA) is 66.6 Å². The maximum absolute atomic E-state index is 12.9. The summed E-state index contributed by atoms with van der Waals surface area (Å²) in [6.45, 7) is 2.00. The minimum absolute atomic E-state index is 0.108. The summed E-state index contributed by atoms with van der Waals surface area (Å²) < 4.78 is 38.8. The smallest absolute Gasteiger partial charge is 0.369 e. The number of likely N-dealkylation sites (tertiary alicyclic amines) is 1. The number of nitrogens with zero attached hydrogens (tertiary/aromatic N) is 2. The van der Waals surface area contributed by atoms with E-state index in [9.17, 15) is 22.8 Å². The molecule has 0 spiro atoms. The predicted octanol–water partition coefficient (Wildman–Crippen LogP) is 0.593. The molecule has 2 N–H and O–H groups in total. The molecule has 0 aromatic heterocycles. The molecule has 2 atom stereocenters. The molecule has 2 rings (SSSR count). The molecule has 2 amide bonds. The van der Waals surface area contributed by atoms with Crippen molar-refractivity contribution in [2.45, 2.75) is 32.0 Å². The summed E-state index contributed by atoms with van der Waals surface area (Å²) in [7, 11) is 0. The van der Waals surface area contributed by atoms with Gasteiger partial charge in [0.05, 0.1) is 18.4 Å². The molecular formula is C13H20F3N3O2. The van der Waals surface area contributed by atoms with Crippen LogP contribution in [-0.2, 0) is 9.59 Å². The molecule has 0 radical (unpaired) electrons. The van der Waals surface area contributed by atoms with E-state index in [2.05, 4.69) is 0 Å². The van der Waals surface area contributed by atoms with Crippen molar-refractivity contribution in [2.75, 3.05) is 26.2 Å². The van der Waals surface area contributed by atoms with E-state index in [-0.39, 0.29) is 19.0 Å². The zero-order chi connectivity index (χ0) is 15.8. The normalized spacial score (nSPS) is 26.4. The van der Waals surface area contributed by atoms with Crippen LogP contribution in [0.15, 0.2) is 0 Å². The van der Waals surface area contributed by atoms with Gasteiger partial charge in [0, 0.05) is 19.1 Å². The summed E-state index contributed by atoms with van der Waals surface area (Å²) >= 11 is 0. The molecule has 21 heavy (non-hydrogen) atoms. The number of hydrogen-bond donors (Lipinski definition) is 1. The lowest BCUT2D eigenvalue weighted by Crippen LogP contribution is -2.41. The van der Waals surface area contributed by atoms with Crippen molar-refractivity contribution in [1.29, 1.82) is 0 Å². The van der Waals surface area contributed by atoms with Crippen LogP contribution in [0.4, 0.5) is 13.2 Å². The van der Waals surface area contributed by atoms with Gasteiger partial charge in [0.15, 0.2) is 0 Å². The molecule has 1 saturated carbocycles. The number of rotatable bonds is 5. The van der Waals surface area contributed by atoms with Crippen LogP contribution < -0.4 is 5.73 Å². The summed E-state index contributed by atoms with van der Waals surface area (Å²) in [5, 5.41) is 0. The van der Waals surface area contributed by atoms with Crippen molar-refractivity contribution >= 4 is 11.8 Å². The molecule has 5 nitrogen and oxygen atoms in total. The number of nitrogens with two attached hydrogens (primary N) is 1. The Hall–Kier alpha value is -1.31. The Balaban J connectivity index is 2.00. The number of hydrogen-bond acceptors (Lipinski definition) is 3. The molecule has 2 aliphatic rings. The average Bonchev–Trinajstić information content (AvgIpc) is 3.10. The van der Waals surface area contributed by atoms with Gasteiger partial charge in [-0.15, -0.1) is 0 Å². The quantitative estimate of drug-likeness (QED) is 0.808. The van der Waals surface area contributed by atoms with Gasteiger partial charge in [-0.05, 0) is 19.4 Å².